The third kappa shape index (κ3) is 4.97. The fourth-order valence-corrected chi connectivity index (χ4v) is 2.82. The van der Waals surface area contributed by atoms with Gasteiger partial charge in [-0.15, -0.1) is 5.10 Å². The molecule has 0 bridgehead atoms. The van der Waals surface area contributed by atoms with Crippen molar-refractivity contribution < 1.29 is 45.8 Å². The van der Waals surface area contributed by atoms with Crippen LogP contribution in [0.5, 0.6) is 5.75 Å². The Hall–Kier alpha value is -4.30. The predicted molar refractivity (Wildman–Crippen MR) is 106 cm³/mol. The molecule has 2 aromatic carbocycles. The first-order chi connectivity index (χ1) is 16.2. The van der Waals surface area contributed by atoms with Gasteiger partial charge >= 0.3 is 17.8 Å². The molecule has 2 N–H and O–H groups in total. The molecule has 0 saturated carbocycles. The summed E-state index contributed by atoms with van der Waals surface area (Å²) in [5.41, 5.74) is -3.89. The average molecular weight is 504 g/mol. The van der Waals surface area contributed by atoms with Crippen LogP contribution in [0.25, 0.3) is 5.69 Å². The van der Waals surface area contributed by atoms with E-state index in [1.54, 1.807) is 5.32 Å². The molecule has 0 radical (unpaired) electrons. The SMILES string of the molecule is CC(Oc1cc(-n2nc(C(=O)O)n(C)c2=O)c(F)cc1C(=O)Nc1c(F)cccc1F)C(F)(F)F. The van der Waals surface area contributed by atoms with Crippen molar-refractivity contribution in [1.29, 1.82) is 0 Å². The number of aromatic nitrogens is 3. The molecule has 1 amide bonds. The molecule has 0 aliphatic carbocycles. The maximum Gasteiger partial charge on any atom is 0.425 e. The molecule has 3 rings (SSSR count). The summed E-state index contributed by atoms with van der Waals surface area (Å²) in [5, 5.41) is 14.3. The van der Waals surface area contributed by atoms with Crippen molar-refractivity contribution in [1.82, 2.24) is 14.3 Å². The predicted octanol–water partition coefficient (Wildman–Crippen LogP) is 3.27. The number of benzene rings is 2. The molecule has 1 atom stereocenters. The number of ether oxygens (including phenoxy) is 1. The quantitative estimate of drug-likeness (QED) is 0.498. The molecule has 0 aliphatic heterocycles. The van der Waals surface area contributed by atoms with Gasteiger partial charge in [0.05, 0.1) is 5.56 Å². The summed E-state index contributed by atoms with van der Waals surface area (Å²) in [6, 6.07) is 3.43. The second-order valence-electron chi connectivity index (χ2n) is 7.03. The number of aromatic carboxylic acids is 1. The van der Waals surface area contributed by atoms with Gasteiger partial charge in [0.1, 0.15) is 34.6 Å². The molecule has 0 spiro atoms. The van der Waals surface area contributed by atoms with Crippen molar-refractivity contribution in [3.05, 3.63) is 69.7 Å². The van der Waals surface area contributed by atoms with E-state index < -0.39 is 75.8 Å². The molecule has 9 nitrogen and oxygen atoms in total. The second kappa shape index (κ2) is 9.15. The van der Waals surface area contributed by atoms with Crippen LogP contribution >= 0.6 is 0 Å². The average Bonchev–Trinajstić information content (AvgIpc) is 3.05. The lowest BCUT2D eigenvalue weighted by molar-refractivity contribution is -0.189. The third-order valence-electron chi connectivity index (χ3n) is 4.66. The molecular formula is C20H14F6N4O5. The molecule has 15 heteroatoms. The number of amides is 1. The molecule has 3 aromatic rings. The minimum absolute atomic E-state index is 0.238. The van der Waals surface area contributed by atoms with Crippen molar-refractivity contribution in [3.8, 4) is 11.4 Å². The molecule has 0 aliphatic rings. The minimum atomic E-state index is -4.95. The van der Waals surface area contributed by atoms with Gasteiger partial charge in [0.15, 0.2) is 6.10 Å². The monoisotopic (exact) mass is 504 g/mol. The molecule has 186 valence electrons. The van der Waals surface area contributed by atoms with Crippen LogP contribution in [-0.4, -0.2) is 43.6 Å². The van der Waals surface area contributed by atoms with Crippen molar-refractivity contribution in [2.75, 3.05) is 5.32 Å². The van der Waals surface area contributed by atoms with Gasteiger partial charge in [-0.2, -0.15) is 17.9 Å². The van der Waals surface area contributed by atoms with E-state index in [-0.39, 0.29) is 4.68 Å². The number of carbonyl (C=O) groups is 2. The Morgan fingerprint density at radius 3 is 2.23 bits per heavy atom. The van der Waals surface area contributed by atoms with Gasteiger partial charge in [-0.3, -0.25) is 9.36 Å². The second-order valence-corrected chi connectivity index (χ2v) is 7.03. The van der Waals surface area contributed by atoms with Crippen LogP contribution in [0.15, 0.2) is 35.1 Å². The molecule has 1 heterocycles. The van der Waals surface area contributed by atoms with E-state index in [2.05, 4.69) is 5.10 Å². The lowest BCUT2D eigenvalue weighted by Crippen LogP contribution is -2.32. The number of rotatable bonds is 6. The number of nitrogens with zero attached hydrogens (tertiary/aromatic N) is 3. The maximum absolute atomic E-state index is 14.9. The van der Waals surface area contributed by atoms with Gasteiger partial charge in [-0.1, -0.05) is 6.07 Å². The van der Waals surface area contributed by atoms with E-state index in [0.29, 0.717) is 23.6 Å². The Labute approximate surface area is 191 Å². The number of carboxylic acid groups (broad SMARTS) is 1. The first-order valence-corrected chi connectivity index (χ1v) is 9.44. The van der Waals surface area contributed by atoms with Crippen LogP contribution in [0.3, 0.4) is 0 Å². The lowest BCUT2D eigenvalue weighted by Gasteiger charge is -2.20. The number of nitrogens with one attached hydrogen (secondary N) is 1. The summed E-state index contributed by atoms with van der Waals surface area (Å²) < 4.78 is 87.5. The van der Waals surface area contributed by atoms with Crippen LogP contribution in [0.4, 0.5) is 32.0 Å². The zero-order valence-electron chi connectivity index (χ0n) is 17.7. The van der Waals surface area contributed by atoms with Crippen LogP contribution in [-0.2, 0) is 7.05 Å². The molecular weight excluding hydrogens is 490 g/mol. The van der Waals surface area contributed by atoms with Gasteiger partial charge < -0.3 is 15.2 Å². The highest BCUT2D eigenvalue weighted by Crippen LogP contribution is 2.31. The standard InChI is InChI=1S/C20H14F6N4O5/c1-8(20(24,25)26)35-14-7-13(30-19(34)29(2)16(28-30)18(32)33)12(23)6-9(14)17(31)27-15-10(21)4-3-5-11(15)22/h3-8H,1-2H3,(H,27,31)(H,32,33). The van der Waals surface area contributed by atoms with Gasteiger partial charge in [0, 0.05) is 13.1 Å². The Bertz CT molecular complexity index is 1360. The Morgan fingerprint density at radius 2 is 1.71 bits per heavy atom. The fourth-order valence-electron chi connectivity index (χ4n) is 2.82. The largest absolute Gasteiger partial charge is 0.480 e. The summed E-state index contributed by atoms with van der Waals surface area (Å²) in [4.78, 5) is 36.2. The summed E-state index contributed by atoms with van der Waals surface area (Å²) in [7, 11) is 1.00. The van der Waals surface area contributed by atoms with E-state index in [9.17, 15) is 40.7 Å². The highest BCUT2D eigenvalue weighted by molar-refractivity contribution is 6.06. The number of hydrogen-bond donors (Lipinski definition) is 2. The van der Waals surface area contributed by atoms with Gasteiger partial charge in [0.2, 0.25) is 5.82 Å². The van der Waals surface area contributed by atoms with Crippen LogP contribution in [0, 0.1) is 17.5 Å². The highest BCUT2D eigenvalue weighted by atomic mass is 19.4. The third-order valence-corrected chi connectivity index (χ3v) is 4.66. The van der Waals surface area contributed by atoms with Crippen LogP contribution in [0.1, 0.15) is 27.9 Å². The number of anilines is 1. The van der Waals surface area contributed by atoms with Gasteiger partial charge in [-0.25, -0.2) is 22.8 Å². The number of halogens is 6. The van der Waals surface area contributed by atoms with Crippen molar-refractivity contribution in [2.24, 2.45) is 7.05 Å². The number of para-hydroxylation sites is 1. The lowest BCUT2D eigenvalue weighted by atomic mass is 10.1. The van der Waals surface area contributed by atoms with Crippen molar-refractivity contribution in [2.45, 2.75) is 19.2 Å². The molecule has 1 unspecified atom stereocenters. The van der Waals surface area contributed by atoms with E-state index in [1.807, 2.05) is 0 Å². The zero-order chi connectivity index (χ0) is 26.2. The number of carbonyl (C=O) groups excluding carboxylic acids is 1. The van der Waals surface area contributed by atoms with Crippen molar-refractivity contribution >= 4 is 17.6 Å². The normalized spacial score (nSPS) is 12.3. The molecule has 35 heavy (non-hydrogen) atoms. The van der Waals surface area contributed by atoms with Gasteiger partial charge in [0.25, 0.3) is 5.91 Å². The van der Waals surface area contributed by atoms with Gasteiger partial charge in [-0.05, 0) is 25.1 Å². The minimum Gasteiger partial charge on any atom is -0.480 e. The summed E-state index contributed by atoms with van der Waals surface area (Å²) in [5.74, 6) is -8.71. The Balaban J connectivity index is 2.17. The van der Waals surface area contributed by atoms with E-state index in [1.165, 1.54) is 0 Å². The maximum atomic E-state index is 14.9. The highest BCUT2D eigenvalue weighted by Gasteiger charge is 2.39. The van der Waals surface area contributed by atoms with E-state index in [0.717, 1.165) is 25.2 Å². The first-order valence-electron chi connectivity index (χ1n) is 9.44. The summed E-state index contributed by atoms with van der Waals surface area (Å²) in [6.07, 6.45) is -7.49. The van der Waals surface area contributed by atoms with Crippen LogP contribution in [0.2, 0.25) is 0 Å². The van der Waals surface area contributed by atoms with Crippen molar-refractivity contribution in [3.63, 3.8) is 0 Å². The molecule has 1 aromatic heterocycles. The molecule has 0 fully saturated rings. The summed E-state index contributed by atoms with van der Waals surface area (Å²) in [6.45, 7) is 0.566. The van der Waals surface area contributed by atoms with E-state index in [4.69, 9.17) is 9.84 Å². The number of alkyl halides is 3. The topological polar surface area (TPSA) is 115 Å². The Kier molecular flexibility index (Phi) is 6.62. The Morgan fingerprint density at radius 1 is 1.11 bits per heavy atom. The summed E-state index contributed by atoms with van der Waals surface area (Å²) >= 11 is 0. The van der Waals surface area contributed by atoms with E-state index >= 15 is 0 Å². The molecule has 0 saturated heterocycles. The first kappa shape index (κ1) is 25.3. The van der Waals surface area contributed by atoms with Crippen LogP contribution < -0.4 is 15.7 Å². The zero-order valence-corrected chi connectivity index (χ0v) is 17.7. The number of carboxylic acids is 1. The fraction of sp³-hybridized carbons (Fsp3) is 0.200. The smallest absolute Gasteiger partial charge is 0.425 e. The number of hydrogen-bond acceptors (Lipinski definition) is 5.